The highest BCUT2D eigenvalue weighted by Gasteiger charge is 2.28. The lowest BCUT2D eigenvalue weighted by molar-refractivity contribution is -0.125. The van der Waals surface area contributed by atoms with Crippen LogP contribution in [-0.2, 0) is 10.2 Å². The Labute approximate surface area is 168 Å². The fraction of sp³-hybridized carbons (Fsp3) is 0.273. The number of nitrogens with one attached hydrogen (secondary N) is 1. The van der Waals surface area contributed by atoms with Crippen molar-refractivity contribution in [1.29, 1.82) is 0 Å². The standard InChI is InChI=1S/C22H22N2O3S/c1-22(2,3)15-10-8-14(9-11-15)16-13-28-21(23-16)24-20(25)19-12-26-17-6-4-5-7-18(17)27-19/h4-11,13,19H,12H2,1-3H3,(H,23,24,25)/t19-/m0/s1. The lowest BCUT2D eigenvalue weighted by Crippen LogP contribution is -2.40. The molecule has 0 radical (unpaired) electrons. The first-order valence-corrected chi connectivity index (χ1v) is 10.0. The van der Waals surface area contributed by atoms with Crippen LogP contribution in [0, 0.1) is 0 Å². The molecular weight excluding hydrogens is 372 g/mol. The van der Waals surface area contributed by atoms with E-state index < -0.39 is 6.10 Å². The Bertz CT molecular complexity index is 990. The lowest BCUT2D eigenvalue weighted by atomic mass is 9.86. The van der Waals surface area contributed by atoms with Crippen LogP contribution in [0.3, 0.4) is 0 Å². The van der Waals surface area contributed by atoms with Gasteiger partial charge in [0, 0.05) is 10.9 Å². The Hall–Kier alpha value is -2.86. The molecule has 0 unspecified atom stereocenters. The molecule has 1 aliphatic heterocycles. The molecule has 1 aromatic heterocycles. The number of carbonyl (C=O) groups is 1. The predicted octanol–water partition coefficient (Wildman–Crippen LogP) is 4.89. The van der Waals surface area contributed by atoms with E-state index in [4.69, 9.17) is 9.47 Å². The summed E-state index contributed by atoms with van der Waals surface area (Å²) in [4.78, 5) is 17.1. The first kappa shape index (κ1) is 18.5. The van der Waals surface area contributed by atoms with Crippen molar-refractivity contribution < 1.29 is 14.3 Å². The number of ether oxygens (including phenoxy) is 2. The van der Waals surface area contributed by atoms with Crippen LogP contribution in [0.25, 0.3) is 11.3 Å². The van der Waals surface area contributed by atoms with Crippen molar-refractivity contribution in [3.8, 4) is 22.8 Å². The van der Waals surface area contributed by atoms with Gasteiger partial charge in [0.25, 0.3) is 5.91 Å². The van der Waals surface area contributed by atoms with Crippen LogP contribution >= 0.6 is 11.3 Å². The molecular formula is C22H22N2O3S. The molecule has 2 aromatic carbocycles. The summed E-state index contributed by atoms with van der Waals surface area (Å²) < 4.78 is 11.3. The zero-order valence-corrected chi connectivity index (χ0v) is 16.9. The van der Waals surface area contributed by atoms with Gasteiger partial charge in [-0.3, -0.25) is 10.1 Å². The topological polar surface area (TPSA) is 60.5 Å². The van der Waals surface area contributed by atoms with Crippen LogP contribution < -0.4 is 14.8 Å². The number of thiazole rings is 1. The number of amides is 1. The van der Waals surface area contributed by atoms with E-state index in [-0.39, 0.29) is 17.9 Å². The molecule has 0 aliphatic carbocycles. The SMILES string of the molecule is CC(C)(C)c1ccc(-c2csc(NC(=O)[C@@H]3COc4ccccc4O3)n2)cc1. The summed E-state index contributed by atoms with van der Waals surface area (Å²) >= 11 is 1.39. The summed E-state index contributed by atoms with van der Waals surface area (Å²) in [6.07, 6.45) is -0.701. The molecule has 2 heterocycles. The second-order valence-electron chi connectivity index (χ2n) is 7.72. The molecule has 0 fully saturated rings. The highest BCUT2D eigenvalue weighted by Crippen LogP contribution is 2.32. The smallest absolute Gasteiger partial charge is 0.270 e. The number of hydrogen-bond donors (Lipinski definition) is 1. The molecule has 1 aliphatic rings. The quantitative estimate of drug-likeness (QED) is 0.687. The minimum Gasteiger partial charge on any atom is -0.485 e. The number of nitrogens with zero attached hydrogens (tertiary/aromatic N) is 1. The first-order chi connectivity index (χ1) is 13.4. The Morgan fingerprint density at radius 2 is 1.82 bits per heavy atom. The zero-order valence-electron chi connectivity index (χ0n) is 16.1. The van der Waals surface area contributed by atoms with E-state index in [0.717, 1.165) is 11.3 Å². The normalized spacial score (nSPS) is 15.9. The van der Waals surface area contributed by atoms with Crippen molar-refractivity contribution in [3.63, 3.8) is 0 Å². The van der Waals surface area contributed by atoms with Crippen molar-refractivity contribution in [1.82, 2.24) is 4.98 Å². The lowest BCUT2D eigenvalue weighted by Gasteiger charge is -2.25. The van der Waals surface area contributed by atoms with Gasteiger partial charge in [-0.2, -0.15) is 0 Å². The first-order valence-electron chi connectivity index (χ1n) is 9.16. The fourth-order valence-electron chi connectivity index (χ4n) is 2.94. The fourth-order valence-corrected chi connectivity index (χ4v) is 3.66. The summed E-state index contributed by atoms with van der Waals surface area (Å²) in [6, 6.07) is 15.7. The molecule has 3 aromatic rings. The third-order valence-corrected chi connectivity index (χ3v) is 5.34. The molecule has 1 N–H and O–H groups in total. The van der Waals surface area contributed by atoms with Gasteiger partial charge in [-0.1, -0.05) is 57.2 Å². The van der Waals surface area contributed by atoms with Crippen LogP contribution in [0.5, 0.6) is 11.5 Å². The van der Waals surface area contributed by atoms with Crippen molar-refractivity contribution in [2.24, 2.45) is 0 Å². The third kappa shape index (κ3) is 3.87. The number of hydrogen-bond acceptors (Lipinski definition) is 5. The van der Waals surface area contributed by atoms with Crippen molar-refractivity contribution in [2.75, 3.05) is 11.9 Å². The summed E-state index contributed by atoms with van der Waals surface area (Å²) in [5.41, 5.74) is 3.25. The molecule has 144 valence electrons. The monoisotopic (exact) mass is 394 g/mol. The van der Waals surface area contributed by atoms with Crippen molar-refractivity contribution in [2.45, 2.75) is 32.3 Å². The number of fused-ring (bicyclic) bond motifs is 1. The summed E-state index contributed by atoms with van der Waals surface area (Å²) in [7, 11) is 0. The van der Waals surface area contributed by atoms with Gasteiger partial charge in [0.05, 0.1) is 5.69 Å². The molecule has 1 amide bonds. The maximum absolute atomic E-state index is 12.5. The van der Waals surface area contributed by atoms with E-state index in [1.54, 1.807) is 6.07 Å². The minimum atomic E-state index is -0.701. The summed E-state index contributed by atoms with van der Waals surface area (Å²) in [6.45, 7) is 6.74. The Morgan fingerprint density at radius 1 is 1.11 bits per heavy atom. The number of benzene rings is 2. The molecule has 0 bridgehead atoms. The Balaban J connectivity index is 1.43. The maximum atomic E-state index is 12.5. The average molecular weight is 394 g/mol. The third-order valence-electron chi connectivity index (χ3n) is 4.58. The van der Waals surface area contributed by atoms with Gasteiger partial charge >= 0.3 is 0 Å². The molecule has 6 heteroatoms. The largest absolute Gasteiger partial charge is 0.485 e. The summed E-state index contributed by atoms with van der Waals surface area (Å²) in [5, 5.41) is 5.32. The van der Waals surface area contributed by atoms with E-state index in [1.165, 1.54) is 16.9 Å². The van der Waals surface area contributed by atoms with Crippen LogP contribution in [-0.4, -0.2) is 23.6 Å². The van der Waals surface area contributed by atoms with Crippen LogP contribution in [0.4, 0.5) is 5.13 Å². The van der Waals surface area contributed by atoms with Gasteiger partial charge in [0.15, 0.2) is 16.6 Å². The maximum Gasteiger partial charge on any atom is 0.270 e. The van der Waals surface area contributed by atoms with Gasteiger partial charge < -0.3 is 9.47 Å². The molecule has 0 saturated carbocycles. The minimum absolute atomic E-state index is 0.112. The van der Waals surface area contributed by atoms with Crippen LogP contribution in [0.2, 0.25) is 0 Å². The highest BCUT2D eigenvalue weighted by atomic mass is 32.1. The second-order valence-corrected chi connectivity index (χ2v) is 8.58. The number of rotatable bonds is 3. The number of para-hydroxylation sites is 2. The number of carbonyl (C=O) groups excluding carboxylic acids is 1. The molecule has 0 spiro atoms. The average Bonchev–Trinajstić information content (AvgIpc) is 3.15. The number of aromatic nitrogens is 1. The predicted molar refractivity (Wildman–Crippen MR) is 111 cm³/mol. The number of anilines is 1. The molecule has 0 saturated heterocycles. The molecule has 1 atom stereocenters. The van der Waals surface area contributed by atoms with Gasteiger partial charge in [0.1, 0.15) is 6.61 Å². The summed E-state index contributed by atoms with van der Waals surface area (Å²) in [5.74, 6) is 0.966. The second kappa shape index (κ2) is 7.28. The van der Waals surface area contributed by atoms with Gasteiger partial charge in [-0.15, -0.1) is 11.3 Å². The van der Waals surface area contributed by atoms with E-state index >= 15 is 0 Å². The van der Waals surface area contributed by atoms with Crippen LogP contribution in [0.15, 0.2) is 53.9 Å². The zero-order chi connectivity index (χ0) is 19.7. The Kier molecular flexibility index (Phi) is 4.81. The van der Waals surface area contributed by atoms with E-state index in [2.05, 4.69) is 55.3 Å². The van der Waals surface area contributed by atoms with Gasteiger partial charge in [-0.25, -0.2) is 4.98 Å². The van der Waals surface area contributed by atoms with Gasteiger partial charge in [-0.05, 0) is 23.1 Å². The van der Waals surface area contributed by atoms with E-state index in [0.29, 0.717) is 16.6 Å². The van der Waals surface area contributed by atoms with Crippen molar-refractivity contribution >= 4 is 22.4 Å². The Morgan fingerprint density at radius 3 is 2.54 bits per heavy atom. The van der Waals surface area contributed by atoms with Crippen molar-refractivity contribution in [3.05, 3.63) is 59.5 Å². The molecule has 28 heavy (non-hydrogen) atoms. The van der Waals surface area contributed by atoms with Gasteiger partial charge in [0.2, 0.25) is 6.10 Å². The van der Waals surface area contributed by atoms with E-state index in [9.17, 15) is 4.79 Å². The molecule has 4 rings (SSSR count). The van der Waals surface area contributed by atoms with Crippen LogP contribution in [0.1, 0.15) is 26.3 Å². The highest BCUT2D eigenvalue weighted by molar-refractivity contribution is 7.14. The molecule has 5 nitrogen and oxygen atoms in total. The van der Waals surface area contributed by atoms with E-state index in [1.807, 2.05) is 23.6 Å².